The molecule has 4 aromatic rings. The molecule has 3 aromatic carbocycles. The van der Waals surface area contributed by atoms with Crippen LogP contribution in [0.2, 0.25) is 0 Å². The van der Waals surface area contributed by atoms with Crippen molar-refractivity contribution in [3.05, 3.63) is 112 Å². The molecule has 4 nitrogen and oxygen atoms in total. The molecule has 0 radical (unpaired) electrons. The number of hydrogen-bond donors (Lipinski definition) is 1. The molecular weight excluding hydrogens is 374 g/mol. The second kappa shape index (κ2) is 8.17. The first-order valence-electron chi connectivity index (χ1n) is 10.4. The summed E-state index contributed by atoms with van der Waals surface area (Å²) in [5, 5.41) is 2.29. The molecule has 1 aliphatic heterocycles. The van der Waals surface area contributed by atoms with Gasteiger partial charge in [-0.05, 0) is 21.9 Å². The van der Waals surface area contributed by atoms with E-state index in [4.69, 9.17) is 9.15 Å². The van der Waals surface area contributed by atoms with Crippen molar-refractivity contribution >= 4 is 10.8 Å². The molecule has 150 valence electrons. The number of quaternary nitrogens is 1. The van der Waals surface area contributed by atoms with Crippen LogP contribution in [0.1, 0.15) is 22.5 Å². The van der Waals surface area contributed by atoms with E-state index in [9.17, 15) is 4.79 Å². The standard InChI is InChI=1S/C26H23NO3/c28-25-14-23(16-27-13-12-19-6-1-2-8-21(19)15-27)29-18-26(25)30-17-22-10-5-9-20-7-3-4-11-24(20)22/h1-11,14,18H,12-13,15-17H2/p+1. The van der Waals surface area contributed by atoms with Gasteiger partial charge < -0.3 is 14.1 Å². The maximum absolute atomic E-state index is 12.6. The Morgan fingerprint density at radius 3 is 2.63 bits per heavy atom. The minimum Gasteiger partial charge on any atom is -0.482 e. The summed E-state index contributed by atoms with van der Waals surface area (Å²) < 4.78 is 11.6. The van der Waals surface area contributed by atoms with Crippen LogP contribution in [0.5, 0.6) is 5.75 Å². The van der Waals surface area contributed by atoms with Crippen LogP contribution >= 0.6 is 0 Å². The predicted molar refractivity (Wildman–Crippen MR) is 117 cm³/mol. The number of nitrogens with one attached hydrogen (secondary N) is 1. The summed E-state index contributed by atoms with van der Waals surface area (Å²) in [6, 6.07) is 24.4. The van der Waals surface area contributed by atoms with Gasteiger partial charge in [-0.3, -0.25) is 4.79 Å². The molecule has 2 heterocycles. The smallest absolute Gasteiger partial charge is 0.227 e. The van der Waals surface area contributed by atoms with Gasteiger partial charge in [0.15, 0.2) is 5.76 Å². The molecule has 30 heavy (non-hydrogen) atoms. The first-order valence-corrected chi connectivity index (χ1v) is 10.4. The monoisotopic (exact) mass is 398 g/mol. The molecule has 0 bridgehead atoms. The van der Waals surface area contributed by atoms with E-state index in [1.165, 1.54) is 22.3 Å². The van der Waals surface area contributed by atoms with Crippen molar-refractivity contribution in [2.24, 2.45) is 0 Å². The van der Waals surface area contributed by atoms with Crippen molar-refractivity contribution < 1.29 is 14.1 Å². The van der Waals surface area contributed by atoms with Crippen molar-refractivity contribution in [1.29, 1.82) is 0 Å². The fraction of sp³-hybridized carbons (Fsp3) is 0.192. The lowest BCUT2D eigenvalue weighted by molar-refractivity contribution is -0.930. The number of fused-ring (bicyclic) bond motifs is 2. The highest BCUT2D eigenvalue weighted by Crippen LogP contribution is 2.20. The Hall–Kier alpha value is -3.37. The van der Waals surface area contributed by atoms with Gasteiger partial charge in [-0.25, -0.2) is 0 Å². The summed E-state index contributed by atoms with van der Waals surface area (Å²) in [5.74, 6) is 0.956. The van der Waals surface area contributed by atoms with Gasteiger partial charge in [-0.1, -0.05) is 66.7 Å². The largest absolute Gasteiger partial charge is 0.482 e. The maximum Gasteiger partial charge on any atom is 0.227 e. The van der Waals surface area contributed by atoms with Crippen LogP contribution in [0.4, 0.5) is 0 Å². The lowest BCUT2D eigenvalue weighted by Crippen LogP contribution is -3.10. The molecule has 5 rings (SSSR count). The Balaban J connectivity index is 1.27. The van der Waals surface area contributed by atoms with Crippen LogP contribution < -0.4 is 15.1 Å². The van der Waals surface area contributed by atoms with Crippen LogP contribution in [0.15, 0.2) is 88.3 Å². The highest BCUT2D eigenvalue weighted by molar-refractivity contribution is 5.85. The summed E-state index contributed by atoms with van der Waals surface area (Å²) >= 11 is 0. The summed E-state index contributed by atoms with van der Waals surface area (Å²) in [4.78, 5) is 14.0. The normalized spacial score (nSPS) is 15.7. The first kappa shape index (κ1) is 18.6. The lowest BCUT2D eigenvalue weighted by Gasteiger charge is -2.25. The van der Waals surface area contributed by atoms with Crippen molar-refractivity contribution in [3.63, 3.8) is 0 Å². The van der Waals surface area contributed by atoms with E-state index in [1.807, 2.05) is 24.3 Å². The predicted octanol–water partition coefficient (Wildman–Crippen LogP) is 3.51. The summed E-state index contributed by atoms with van der Waals surface area (Å²) in [5.41, 5.74) is 3.73. The van der Waals surface area contributed by atoms with E-state index in [0.29, 0.717) is 18.9 Å². The zero-order valence-corrected chi connectivity index (χ0v) is 16.8. The van der Waals surface area contributed by atoms with Crippen molar-refractivity contribution in [2.45, 2.75) is 26.1 Å². The maximum atomic E-state index is 12.6. The van der Waals surface area contributed by atoms with Crippen LogP contribution in [-0.4, -0.2) is 6.54 Å². The van der Waals surface area contributed by atoms with Crippen molar-refractivity contribution in [2.75, 3.05) is 6.54 Å². The van der Waals surface area contributed by atoms with E-state index in [0.717, 1.165) is 35.8 Å². The van der Waals surface area contributed by atoms with Gasteiger partial charge >= 0.3 is 0 Å². The summed E-state index contributed by atoms with van der Waals surface area (Å²) in [6.45, 7) is 3.03. The minimum absolute atomic E-state index is 0.131. The van der Waals surface area contributed by atoms with Crippen LogP contribution in [0.3, 0.4) is 0 Å². The van der Waals surface area contributed by atoms with E-state index >= 15 is 0 Å². The second-order valence-corrected chi connectivity index (χ2v) is 7.87. The van der Waals surface area contributed by atoms with Gasteiger partial charge in [-0.2, -0.15) is 0 Å². The van der Waals surface area contributed by atoms with Gasteiger partial charge in [0.25, 0.3) is 0 Å². The minimum atomic E-state index is -0.131. The fourth-order valence-corrected chi connectivity index (χ4v) is 4.25. The SMILES string of the molecule is O=c1cc(C[NH+]2CCc3ccccc3C2)occ1OCc1cccc2ccccc12. The van der Waals surface area contributed by atoms with E-state index in [2.05, 4.69) is 42.5 Å². The topological polar surface area (TPSA) is 43.9 Å². The molecular formula is C26H24NO3+. The highest BCUT2D eigenvalue weighted by atomic mass is 16.5. The molecule has 1 unspecified atom stereocenters. The van der Waals surface area contributed by atoms with Crippen LogP contribution in [-0.2, 0) is 26.1 Å². The Morgan fingerprint density at radius 2 is 1.73 bits per heavy atom. The average molecular weight is 398 g/mol. The molecule has 0 aliphatic carbocycles. The van der Waals surface area contributed by atoms with Gasteiger partial charge in [0.1, 0.15) is 26.0 Å². The molecule has 1 atom stereocenters. The van der Waals surface area contributed by atoms with Gasteiger partial charge in [0.2, 0.25) is 11.2 Å². The van der Waals surface area contributed by atoms with Crippen LogP contribution in [0.25, 0.3) is 10.8 Å². The summed E-state index contributed by atoms with van der Waals surface area (Å²) in [7, 11) is 0. The molecule has 4 heteroatoms. The van der Waals surface area contributed by atoms with E-state index < -0.39 is 0 Å². The zero-order chi connectivity index (χ0) is 20.3. The molecule has 1 aliphatic rings. The van der Waals surface area contributed by atoms with Crippen LogP contribution in [0, 0.1) is 0 Å². The third kappa shape index (κ3) is 3.87. The third-order valence-electron chi connectivity index (χ3n) is 5.85. The molecule has 1 N–H and O–H groups in total. The molecule has 0 spiro atoms. The zero-order valence-electron chi connectivity index (χ0n) is 16.8. The van der Waals surface area contributed by atoms with E-state index in [1.54, 1.807) is 6.07 Å². The Morgan fingerprint density at radius 1 is 0.933 bits per heavy atom. The van der Waals surface area contributed by atoms with E-state index in [-0.39, 0.29) is 11.2 Å². The third-order valence-corrected chi connectivity index (χ3v) is 5.85. The molecule has 0 saturated heterocycles. The summed E-state index contributed by atoms with van der Waals surface area (Å²) in [6.07, 6.45) is 2.52. The molecule has 0 amide bonds. The number of hydrogen-bond acceptors (Lipinski definition) is 3. The lowest BCUT2D eigenvalue weighted by atomic mass is 10.00. The quantitative estimate of drug-likeness (QED) is 0.560. The fourth-order valence-electron chi connectivity index (χ4n) is 4.25. The van der Waals surface area contributed by atoms with Crippen molar-refractivity contribution in [1.82, 2.24) is 0 Å². The number of benzene rings is 3. The van der Waals surface area contributed by atoms with Gasteiger partial charge in [0, 0.05) is 18.1 Å². The Bertz CT molecular complexity index is 1240. The van der Waals surface area contributed by atoms with Gasteiger partial charge in [-0.15, -0.1) is 0 Å². The van der Waals surface area contributed by atoms with Crippen molar-refractivity contribution in [3.8, 4) is 5.75 Å². The second-order valence-electron chi connectivity index (χ2n) is 7.87. The number of rotatable bonds is 5. The Labute approximate surface area is 175 Å². The average Bonchev–Trinajstić information content (AvgIpc) is 2.78. The Kier molecular flexibility index (Phi) is 5.08. The first-order chi connectivity index (χ1) is 14.8. The number of ether oxygens (including phenoxy) is 1. The molecule has 0 saturated carbocycles. The molecule has 1 aromatic heterocycles. The van der Waals surface area contributed by atoms with Gasteiger partial charge in [0.05, 0.1) is 6.54 Å². The molecule has 0 fully saturated rings. The highest BCUT2D eigenvalue weighted by Gasteiger charge is 2.20.